The number of rotatable bonds is 40. The number of hydrogen-bond donors (Lipinski definition) is 1. The first kappa shape index (κ1) is 51.8. The molecule has 8 heteroatoms. The molecular weight excluding hydrogens is 677 g/mol. The number of quaternary nitrogens is 1. The molecule has 0 aliphatic heterocycles. The van der Waals surface area contributed by atoms with Gasteiger partial charge in [-0.25, -0.2) is 0 Å². The van der Waals surface area contributed by atoms with E-state index < -0.39 is 0 Å². The van der Waals surface area contributed by atoms with Crippen LogP contribution in [0.5, 0.6) is 0 Å². The fourth-order valence-electron chi connectivity index (χ4n) is 6.54. The van der Waals surface area contributed by atoms with E-state index in [1.165, 1.54) is 116 Å². The van der Waals surface area contributed by atoms with Crippen LogP contribution in [-0.4, -0.2) is 92.4 Å². The van der Waals surface area contributed by atoms with Crippen LogP contribution in [0, 0.1) is 0 Å². The smallest absolute Gasteiger partial charge is 0.305 e. The van der Waals surface area contributed by atoms with Gasteiger partial charge < -0.3 is 24.0 Å². The number of carbonyl (C=O) groups is 3. The lowest BCUT2D eigenvalue weighted by Gasteiger charge is -2.31. The Bertz CT molecular complexity index is 876. The molecule has 0 saturated carbocycles. The number of unbranched alkanes of at least 4 members (excludes halogenated alkanes) is 22. The van der Waals surface area contributed by atoms with Crippen molar-refractivity contribution in [3.8, 4) is 0 Å². The molecule has 0 unspecified atom stereocenters. The molecule has 0 aromatic carbocycles. The Morgan fingerprint density at radius 3 is 1.20 bits per heavy atom. The molecule has 0 atom stereocenters. The van der Waals surface area contributed by atoms with Crippen LogP contribution >= 0.6 is 0 Å². The van der Waals surface area contributed by atoms with Crippen molar-refractivity contribution in [3.05, 3.63) is 24.3 Å². The number of allylic oxidation sites excluding steroid dienone is 4. The Balaban J connectivity index is 4.18. The highest BCUT2D eigenvalue weighted by molar-refractivity contribution is 5.77. The summed E-state index contributed by atoms with van der Waals surface area (Å²) in [6.07, 6.45) is 41.6. The molecule has 0 bridgehead atoms. The van der Waals surface area contributed by atoms with E-state index in [0.29, 0.717) is 23.9 Å². The molecule has 1 amide bonds. The lowest BCUT2D eigenvalue weighted by molar-refractivity contribution is -0.883. The number of amides is 1. The van der Waals surface area contributed by atoms with Crippen molar-refractivity contribution >= 4 is 17.8 Å². The van der Waals surface area contributed by atoms with Crippen molar-refractivity contribution in [3.63, 3.8) is 0 Å². The zero-order valence-corrected chi connectivity index (χ0v) is 35.9. The van der Waals surface area contributed by atoms with Crippen LogP contribution in [0.2, 0.25) is 0 Å². The van der Waals surface area contributed by atoms with Crippen molar-refractivity contribution in [2.45, 2.75) is 194 Å². The zero-order valence-electron chi connectivity index (χ0n) is 35.9. The predicted octanol–water partition coefficient (Wildman–Crippen LogP) is 11.0. The van der Waals surface area contributed by atoms with Gasteiger partial charge in [0, 0.05) is 12.8 Å². The fraction of sp³-hybridized carbons (Fsp3) is 0.848. The Morgan fingerprint density at radius 2 is 0.852 bits per heavy atom. The third-order valence-electron chi connectivity index (χ3n) is 10.2. The maximum atomic E-state index is 13.2. The zero-order chi connectivity index (χ0) is 39.8. The molecule has 0 fully saturated rings. The van der Waals surface area contributed by atoms with Crippen LogP contribution in [0.1, 0.15) is 194 Å². The predicted molar refractivity (Wildman–Crippen MR) is 226 cm³/mol. The summed E-state index contributed by atoms with van der Waals surface area (Å²) in [5.41, 5.74) is 0. The first-order valence-corrected chi connectivity index (χ1v) is 22.6. The van der Waals surface area contributed by atoms with E-state index in [1.807, 2.05) is 14.1 Å². The monoisotopic (exact) mass is 764 g/mol. The minimum absolute atomic E-state index is 0.0117. The number of ether oxygens (including phenoxy) is 2. The average Bonchev–Trinajstić information content (AvgIpc) is 3.13. The summed E-state index contributed by atoms with van der Waals surface area (Å²) in [7, 11) is 3.79. The Morgan fingerprint density at radius 1 is 0.519 bits per heavy atom. The topological polar surface area (TPSA) is 93.1 Å². The van der Waals surface area contributed by atoms with E-state index in [0.717, 1.165) is 51.4 Å². The van der Waals surface area contributed by atoms with Crippen molar-refractivity contribution in [1.29, 1.82) is 0 Å². The van der Waals surface area contributed by atoms with Gasteiger partial charge in [0.1, 0.15) is 19.8 Å². The van der Waals surface area contributed by atoms with E-state index in [2.05, 4.69) is 38.2 Å². The molecular formula is C46H87N2O6+. The maximum absolute atomic E-state index is 13.2. The standard InChI is InChI=1S/C46H87N2O6/c1-5-7-9-11-13-15-17-19-21-23-25-27-29-31-33-35-45(51)53-41-37-47(44(50)43-48(3,4)39-40-49)38-42-54-46(52)36-34-32-30-28-26-24-22-20-18-16-14-12-10-8-6-2/h19-22,49H,5-18,23-43H2,1-4H3/q+1/b21-19+,22-20+. The van der Waals surface area contributed by atoms with Crippen LogP contribution in [0.3, 0.4) is 0 Å². The quantitative estimate of drug-likeness (QED) is 0.0289. The molecule has 0 aliphatic rings. The maximum Gasteiger partial charge on any atom is 0.305 e. The SMILES string of the molecule is CCCCCCCC/C=C/CCCCCCCC(=O)OCCN(CCOC(=O)CCCCCCC/C=C/CCCCCCCC)C(=O)C[N+](C)(C)CCO. The number of hydrogen-bond acceptors (Lipinski definition) is 6. The third-order valence-corrected chi connectivity index (χ3v) is 10.2. The van der Waals surface area contributed by atoms with Gasteiger partial charge in [-0.3, -0.25) is 14.4 Å². The number of nitrogens with zero attached hydrogens (tertiary/aromatic N) is 2. The second-order valence-electron chi connectivity index (χ2n) is 16.0. The number of aliphatic hydroxyl groups is 1. The Hall–Kier alpha value is -2.19. The summed E-state index contributed by atoms with van der Waals surface area (Å²) in [5.74, 6) is -0.583. The van der Waals surface area contributed by atoms with Crippen molar-refractivity contribution < 1.29 is 33.4 Å². The molecule has 0 aromatic heterocycles. The normalized spacial score (nSPS) is 11.9. The van der Waals surface area contributed by atoms with E-state index >= 15 is 0 Å². The first-order valence-electron chi connectivity index (χ1n) is 22.6. The minimum atomic E-state index is -0.234. The van der Waals surface area contributed by atoms with Crippen LogP contribution in [-0.2, 0) is 23.9 Å². The van der Waals surface area contributed by atoms with E-state index in [9.17, 15) is 19.5 Å². The highest BCUT2D eigenvalue weighted by Gasteiger charge is 2.24. The summed E-state index contributed by atoms with van der Waals surface area (Å²) in [6.45, 7) is 5.90. The van der Waals surface area contributed by atoms with Crippen LogP contribution < -0.4 is 0 Å². The van der Waals surface area contributed by atoms with Crippen molar-refractivity contribution in [2.75, 3.05) is 60.1 Å². The lowest BCUT2D eigenvalue weighted by atomic mass is 10.1. The highest BCUT2D eigenvalue weighted by Crippen LogP contribution is 2.12. The van der Waals surface area contributed by atoms with Gasteiger partial charge in [-0.1, -0.05) is 141 Å². The second-order valence-corrected chi connectivity index (χ2v) is 16.0. The van der Waals surface area contributed by atoms with E-state index in [4.69, 9.17) is 9.47 Å². The molecule has 0 spiro atoms. The molecule has 0 saturated heterocycles. The summed E-state index contributed by atoms with van der Waals surface area (Å²) in [6, 6.07) is 0. The lowest BCUT2D eigenvalue weighted by Crippen LogP contribution is -2.51. The summed E-state index contributed by atoms with van der Waals surface area (Å²) in [5, 5.41) is 9.41. The molecule has 0 radical (unpaired) electrons. The number of esters is 2. The largest absolute Gasteiger partial charge is 0.464 e. The molecule has 54 heavy (non-hydrogen) atoms. The molecule has 0 heterocycles. The van der Waals surface area contributed by atoms with Gasteiger partial charge in [0.15, 0.2) is 6.54 Å². The Kier molecular flexibility index (Phi) is 37.5. The summed E-state index contributed by atoms with van der Waals surface area (Å²) in [4.78, 5) is 39.6. The highest BCUT2D eigenvalue weighted by atomic mass is 16.5. The molecule has 316 valence electrons. The van der Waals surface area contributed by atoms with Crippen LogP contribution in [0.4, 0.5) is 0 Å². The van der Waals surface area contributed by atoms with Gasteiger partial charge in [0.25, 0.3) is 5.91 Å². The van der Waals surface area contributed by atoms with E-state index in [1.54, 1.807) is 4.90 Å². The number of likely N-dealkylation sites (N-methyl/N-ethyl adjacent to an activating group) is 1. The van der Waals surface area contributed by atoms with Gasteiger partial charge in [-0.15, -0.1) is 0 Å². The van der Waals surface area contributed by atoms with E-state index in [-0.39, 0.29) is 57.3 Å². The molecule has 8 nitrogen and oxygen atoms in total. The summed E-state index contributed by atoms with van der Waals surface area (Å²) < 4.78 is 11.3. The van der Waals surface area contributed by atoms with Gasteiger partial charge in [0.05, 0.1) is 33.8 Å². The Labute approximate surface area is 333 Å². The van der Waals surface area contributed by atoms with Crippen molar-refractivity contribution in [1.82, 2.24) is 4.90 Å². The van der Waals surface area contributed by atoms with Gasteiger partial charge in [0.2, 0.25) is 0 Å². The van der Waals surface area contributed by atoms with Crippen LogP contribution in [0.15, 0.2) is 24.3 Å². The first-order chi connectivity index (χ1) is 26.3. The van der Waals surface area contributed by atoms with Gasteiger partial charge >= 0.3 is 11.9 Å². The molecule has 1 N–H and O–H groups in total. The number of aliphatic hydroxyl groups excluding tert-OH is 1. The fourth-order valence-corrected chi connectivity index (χ4v) is 6.54. The van der Waals surface area contributed by atoms with Crippen LogP contribution in [0.25, 0.3) is 0 Å². The molecule has 0 aromatic rings. The van der Waals surface area contributed by atoms with Gasteiger partial charge in [-0.05, 0) is 64.2 Å². The van der Waals surface area contributed by atoms with Gasteiger partial charge in [-0.2, -0.15) is 0 Å². The average molecular weight is 764 g/mol. The minimum Gasteiger partial charge on any atom is -0.464 e. The summed E-state index contributed by atoms with van der Waals surface area (Å²) >= 11 is 0. The van der Waals surface area contributed by atoms with Crippen molar-refractivity contribution in [2.24, 2.45) is 0 Å². The second kappa shape index (κ2) is 39.1. The third kappa shape index (κ3) is 36.8. The number of carbonyl (C=O) groups excluding carboxylic acids is 3. The molecule has 0 aliphatic carbocycles. The molecule has 0 rings (SSSR count).